The van der Waals surface area contributed by atoms with E-state index in [1.165, 1.54) is 64.7 Å². The number of nitrogens with zero attached hydrogens (tertiary/aromatic N) is 1. The zero-order chi connectivity index (χ0) is 12.6. The molecule has 2 saturated heterocycles. The molecule has 0 bridgehead atoms. The topological polar surface area (TPSA) is 15.3 Å². The molecule has 0 amide bonds. The quantitative estimate of drug-likeness (QED) is 0.758. The Morgan fingerprint density at radius 1 is 1.06 bits per heavy atom. The molecule has 1 N–H and O–H groups in total. The van der Waals surface area contributed by atoms with Gasteiger partial charge in [-0.25, -0.2) is 0 Å². The molecule has 0 aromatic carbocycles. The van der Waals surface area contributed by atoms with Gasteiger partial charge in [-0.3, -0.25) is 4.90 Å². The molecule has 1 aliphatic carbocycles. The number of hydrogen-bond acceptors (Lipinski definition) is 2. The summed E-state index contributed by atoms with van der Waals surface area (Å²) in [6, 6.07) is 0. The summed E-state index contributed by atoms with van der Waals surface area (Å²) >= 11 is 0. The van der Waals surface area contributed by atoms with Crippen LogP contribution in [0, 0.1) is 17.8 Å². The first-order valence-electron chi connectivity index (χ1n) is 8.13. The Bertz CT molecular complexity index is 279. The van der Waals surface area contributed by atoms with E-state index in [0.717, 1.165) is 17.8 Å². The molecule has 2 unspecified atom stereocenters. The summed E-state index contributed by atoms with van der Waals surface area (Å²) in [6.45, 7) is 10.2. The third kappa shape index (κ3) is 2.34. The van der Waals surface area contributed by atoms with Crippen molar-refractivity contribution in [3.8, 4) is 0 Å². The van der Waals surface area contributed by atoms with Gasteiger partial charge < -0.3 is 5.32 Å². The summed E-state index contributed by atoms with van der Waals surface area (Å²) in [5.74, 6) is 2.80. The van der Waals surface area contributed by atoms with Gasteiger partial charge in [0, 0.05) is 25.2 Å². The lowest BCUT2D eigenvalue weighted by molar-refractivity contribution is 0.114. The summed E-state index contributed by atoms with van der Waals surface area (Å²) in [5, 5.41) is 3.59. The third-order valence-corrected chi connectivity index (χ3v) is 5.97. The van der Waals surface area contributed by atoms with E-state index >= 15 is 0 Å². The van der Waals surface area contributed by atoms with Crippen LogP contribution < -0.4 is 5.32 Å². The second kappa shape index (κ2) is 5.13. The van der Waals surface area contributed by atoms with Gasteiger partial charge in [-0.2, -0.15) is 0 Å². The first-order valence-corrected chi connectivity index (χ1v) is 8.13. The Balaban J connectivity index is 1.62. The monoisotopic (exact) mass is 250 g/mol. The molecular weight excluding hydrogens is 220 g/mol. The third-order valence-electron chi connectivity index (χ3n) is 5.97. The molecule has 0 radical (unpaired) electrons. The summed E-state index contributed by atoms with van der Waals surface area (Å²) in [7, 11) is 0. The number of nitrogens with one attached hydrogen (secondary N) is 1. The van der Waals surface area contributed by atoms with Crippen molar-refractivity contribution >= 4 is 0 Å². The van der Waals surface area contributed by atoms with Crippen LogP contribution in [0.1, 0.15) is 52.4 Å². The molecule has 18 heavy (non-hydrogen) atoms. The fourth-order valence-corrected chi connectivity index (χ4v) is 4.67. The van der Waals surface area contributed by atoms with E-state index in [1.54, 1.807) is 0 Å². The summed E-state index contributed by atoms with van der Waals surface area (Å²) in [6.07, 6.45) is 8.89. The van der Waals surface area contributed by atoms with Crippen LogP contribution >= 0.6 is 0 Å². The molecule has 2 heterocycles. The van der Waals surface area contributed by atoms with Crippen molar-refractivity contribution in [2.75, 3.05) is 26.2 Å². The van der Waals surface area contributed by atoms with Gasteiger partial charge in [-0.1, -0.05) is 25.7 Å². The van der Waals surface area contributed by atoms with Gasteiger partial charge in [0.2, 0.25) is 0 Å². The van der Waals surface area contributed by atoms with Crippen molar-refractivity contribution in [3.05, 3.63) is 0 Å². The van der Waals surface area contributed by atoms with Gasteiger partial charge >= 0.3 is 0 Å². The number of fused-ring (bicyclic) bond motifs is 1. The normalized spacial score (nSPS) is 37.7. The maximum Gasteiger partial charge on any atom is 0.0197 e. The SMILES string of the molecule is CC1(C)C2CNCC2CN1CC1CCCCCC1. The minimum atomic E-state index is 0.431. The molecule has 3 aliphatic rings. The van der Waals surface area contributed by atoms with Crippen molar-refractivity contribution in [1.82, 2.24) is 10.2 Å². The molecule has 2 aliphatic heterocycles. The van der Waals surface area contributed by atoms with Crippen LogP contribution in [-0.2, 0) is 0 Å². The predicted octanol–water partition coefficient (Wildman–Crippen LogP) is 2.89. The van der Waals surface area contributed by atoms with Crippen LogP contribution in [-0.4, -0.2) is 36.6 Å². The summed E-state index contributed by atoms with van der Waals surface area (Å²) < 4.78 is 0. The lowest BCUT2D eigenvalue weighted by atomic mass is 9.84. The van der Waals surface area contributed by atoms with Crippen LogP contribution in [0.15, 0.2) is 0 Å². The highest BCUT2D eigenvalue weighted by Crippen LogP contribution is 2.41. The van der Waals surface area contributed by atoms with E-state index in [0.29, 0.717) is 5.54 Å². The van der Waals surface area contributed by atoms with Crippen molar-refractivity contribution < 1.29 is 0 Å². The first kappa shape index (κ1) is 12.9. The van der Waals surface area contributed by atoms with E-state index in [9.17, 15) is 0 Å². The maximum atomic E-state index is 3.59. The Kier molecular flexibility index (Phi) is 3.68. The maximum absolute atomic E-state index is 3.59. The number of hydrogen-bond donors (Lipinski definition) is 1. The number of likely N-dealkylation sites (tertiary alicyclic amines) is 1. The largest absolute Gasteiger partial charge is 0.316 e. The van der Waals surface area contributed by atoms with Gasteiger partial charge in [0.25, 0.3) is 0 Å². The van der Waals surface area contributed by atoms with Crippen LogP contribution in [0.4, 0.5) is 0 Å². The molecule has 2 atom stereocenters. The molecule has 2 heteroatoms. The molecule has 1 saturated carbocycles. The van der Waals surface area contributed by atoms with Crippen LogP contribution in [0.25, 0.3) is 0 Å². The molecule has 0 spiro atoms. The molecular formula is C16H30N2. The van der Waals surface area contributed by atoms with Gasteiger partial charge in [-0.05, 0) is 51.0 Å². The average Bonchev–Trinajstić information content (AvgIpc) is 2.76. The van der Waals surface area contributed by atoms with E-state index in [2.05, 4.69) is 24.1 Å². The van der Waals surface area contributed by atoms with Crippen LogP contribution in [0.3, 0.4) is 0 Å². The van der Waals surface area contributed by atoms with Gasteiger partial charge in [0.05, 0.1) is 0 Å². The molecule has 2 nitrogen and oxygen atoms in total. The number of rotatable bonds is 2. The Morgan fingerprint density at radius 3 is 2.44 bits per heavy atom. The Labute approximate surface area is 113 Å². The highest BCUT2D eigenvalue weighted by molar-refractivity contribution is 5.04. The van der Waals surface area contributed by atoms with Crippen LogP contribution in [0.5, 0.6) is 0 Å². The lowest BCUT2D eigenvalue weighted by Crippen LogP contribution is -2.46. The van der Waals surface area contributed by atoms with Gasteiger partial charge in [0.15, 0.2) is 0 Å². The zero-order valence-corrected chi connectivity index (χ0v) is 12.3. The lowest BCUT2D eigenvalue weighted by Gasteiger charge is -2.37. The van der Waals surface area contributed by atoms with E-state index < -0.39 is 0 Å². The molecule has 3 rings (SSSR count). The van der Waals surface area contributed by atoms with Crippen molar-refractivity contribution in [3.63, 3.8) is 0 Å². The fourth-order valence-electron chi connectivity index (χ4n) is 4.67. The minimum absolute atomic E-state index is 0.431. The standard InChI is InChI=1S/C16H30N2/c1-16(2)15-10-17-9-14(15)12-18(16)11-13-7-5-3-4-6-8-13/h13-15,17H,3-12H2,1-2H3. The van der Waals surface area contributed by atoms with Gasteiger partial charge in [0.1, 0.15) is 0 Å². The molecule has 0 aromatic rings. The van der Waals surface area contributed by atoms with Crippen molar-refractivity contribution in [2.45, 2.75) is 57.9 Å². The first-order chi connectivity index (χ1) is 8.68. The zero-order valence-electron chi connectivity index (χ0n) is 12.3. The fraction of sp³-hybridized carbons (Fsp3) is 1.00. The van der Waals surface area contributed by atoms with Crippen LogP contribution in [0.2, 0.25) is 0 Å². The van der Waals surface area contributed by atoms with E-state index in [-0.39, 0.29) is 0 Å². The molecule has 3 fully saturated rings. The highest BCUT2D eigenvalue weighted by Gasteiger charge is 2.49. The Hall–Kier alpha value is -0.0800. The summed E-state index contributed by atoms with van der Waals surface area (Å²) in [5.41, 5.74) is 0.431. The molecule has 104 valence electrons. The second-order valence-corrected chi connectivity index (χ2v) is 7.44. The van der Waals surface area contributed by atoms with Crippen molar-refractivity contribution in [1.29, 1.82) is 0 Å². The van der Waals surface area contributed by atoms with Crippen molar-refractivity contribution in [2.24, 2.45) is 17.8 Å². The average molecular weight is 250 g/mol. The van der Waals surface area contributed by atoms with Gasteiger partial charge in [-0.15, -0.1) is 0 Å². The highest BCUT2D eigenvalue weighted by atomic mass is 15.2. The molecule has 0 aromatic heterocycles. The smallest absolute Gasteiger partial charge is 0.0197 e. The second-order valence-electron chi connectivity index (χ2n) is 7.44. The summed E-state index contributed by atoms with van der Waals surface area (Å²) in [4.78, 5) is 2.83. The Morgan fingerprint density at radius 2 is 1.78 bits per heavy atom. The van der Waals surface area contributed by atoms with E-state index in [4.69, 9.17) is 0 Å². The predicted molar refractivity (Wildman–Crippen MR) is 76.7 cm³/mol. The minimum Gasteiger partial charge on any atom is -0.316 e. The van der Waals surface area contributed by atoms with E-state index in [1.807, 2.05) is 0 Å².